The van der Waals surface area contributed by atoms with Crippen molar-refractivity contribution in [2.75, 3.05) is 37.6 Å². The zero-order valence-electron chi connectivity index (χ0n) is 11.0. The molecule has 0 amide bonds. The lowest BCUT2D eigenvalue weighted by atomic mass is 10.1. The molecule has 0 unspecified atom stereocenters. The Balaban J connectivity index is 1.67. The molecule has 1 heterocycles. The molecule has 0 spiro atoms. The fourth-order valence-corrected chi connectivity index (χ4v) is 2.95. The molecule has 1 aliphatic carbocycles. The van der Waals surface area contributed by atoms with Crippen LogP contribution in [0, 0.1) is 0 Å². The number of piperazine rings is 1. The second kappa shape index (κ2) is 5.29. The largest absolute Gasteiger partial charge is 0.369 e. The summed E-state index contributed by atoms with van der Waals surface area (Å²) in [5.74, 6) is 0. The van der Waals surface area contributed by atoms with Crippen LogP contribution in [0.15, 0.2) is 24.3 Å². The van der Waals surface area contributed by atoms with E-state index in [0.717, 1.165) is 32.1 Å². The van der Waals surface area contributed by atoms with Gasteiger partial charge < -0.3 is 10.6 Å². The number of hydrogen-bond donors (Lipinski definition) is 1. The number of benzene rings is 1. The van der Waals surface area contributed by atoms with Crippen molar-refractivity contribution in [1.82, 2.24) is 4.90 Å². The Bertz CT molecular complexity index is 392. The smallest absolute Gasteiger partial charge is 0.0400 e. The molecule has 1 aromatic rings. The number of hydrogen-bond acceptors (Lipinski definition) is 3. The van der Waals surface area contributed by atoms with Crippen LogP contribution >= 0.6 is 0 Å². The molecule has 0 aromatic heterocycles. The summed E-state index contributed by atoms with van der Waals surface area (Å²) in [5.41, 5.74) is 8.51. The first-order valence-corrected chi connectivity index (χ1v) is 7.15. The Hall–Kier alpha value is -1.06. The normalized spacial score (nSPS) is 21.3. The van der Waals surface area contributed by atoms with Gasteiger partial charge in [-0.1, -0.05) is 18.2 Å². The first-order chi connectivity index (χ1) is 8.88. The first kappa shape index (κ1) is 12.0. The maximum Gasteiger partial charge on any atom is 0.0400 e. The zero-order chi connectivity index (χ0) is 12.4. The molecule has 0 bridgehead atoms. The molecule has 2 N–H and O–H groups in total. The molecule has 1 saturated carbocycles. The van der Waals surface area contributed by atoms with Crippen LogP contribution < -0.4 is 10.6 Å². The Morgan fingerprint density at radius 2 is 1.78 bits per heavy atom. The zero-order valence-corrected chi connectivity index (χ0v) is 11.0. The van der Waals surface area contributed by atoms with Crippen molar-refractivity contribution in [2.24, 2.45) is 5.73 Å². The van der Waals surface area contributed by atoms with Crippen LogP contribution in [0.1, 0.15) is 18.4 Å². The van der Waals surface area contributed by atoms with Gasteiger partial charge >= 0.3 is 0 Å². The van der Waals surface area contributed by atoms with Gasteiger partial charge in [-0.15, -0.1) is 0 Å². The minimum atomic E-state index is 0.735. The minimum Gasteiger partial charge on any atom is -0.369 e. The van der Waals surface area contributed by atoms with Gasteiger partial charge in [0.2, 0.25) is 0 Å². The fourth-order valence-electron chi connectivity index (χ4n) is 2.95. The van der Waals surface area contributed by atoms with E-state index in [1.807, 2.05) is 0 Å². The molecule has 2 aliphatic rings. The summed E-state index contributed by atoms with van der Waals surface area (Å²) in [7, 11) is 0. The quantitative estimate of drug-likeness (QED) is 0.872. The van der Waals surface area contributed by atoms with Crippen LogP contribution in [0.3, 0.4) is 0 Å². The number of para-hydroxylation sites is 1. The predicted molar refractivity (Wildman–Crippen MR) is 76.0 cm³/mol. The van der Waals surface area contributed by atoms with Crippen molar-refractivity contribution < 1.29 is 0 Å². The van der Waals surface area contributed by atoms with Crippen LogP contribution in [0.4, 0.5) is 5.69 Å². The molecule has 3 nitrogen and oxygen atoms in total. The summed E-state index contributed by atoms with van der Waals surface area (Å²) in [6, 6.07) is 9.64. The molecule has 3 heteroatoms. The average Bonchev–Trinajstić information content (AvgIpc) is 3.25. The SMILES string of the molecule is NCCc1ccccc1N1CCN(C2CC2)CC1. The minimum absolute atomic E-state index is 0.735. The first-order valence-electron chi connectivity index (χ1n) is 7.15. The number of rotatable bonds is 4. The highest BCUT2D eigenvalue weighted by Gasteiger charge is 2.31. The second-order valence-electron chi connectivity index (χ2n) is 5.42. The third-order valence-electron chi connectivity index (χ3n) is 4.12. The van der Waals surface area contributed by atoms with Crippen molar-refractivity contribution in [2.45, 2.75) is 25.3 Å². The van der Waals surface area contributed by atoms with Crippen LogP contribution in [-0.4, -0.2) is 43.7 Å². The van der Waals surface area contributed by atoms with Gasteiger partial charge in [-0.05, 0) is 37.4 Å². The molecule has 0 radical (unpaired) electrons. The summed E-state index contributed by atoms with van der Waals surface area (Å²) in [4.78, 5) is 5.19. The Labute approximate surface area is 110 Å². The summed E-state index contributed by atoms with van der Waals surface area (Å²) in [5, 5.41) is 0. The number of nitrogens with zero attached hydrogens (tertiary/aromatic N) is 2. The highest BCUT2D eigenvalue weighted by molar-refractivity contribution is 5.54. The van der Waals surface area contributed by atoms with E-state index in [9.17, 15) is 0 Å². The number of nitrogens with two attached hydrogens (primary N) is 1. The lowest BCUT2D eigenvalue weighted by Crippen LogP contribution is -2.47. The van der Waals surface area contributed by atoms with Gasteiger partial charge in [-0.3, -0.25) is 4.90 Å². The molecule has 1 aliphatic heterocycles. The molecule has 18 heavy (non-hydrogen) atoms. The Kier molecular flexibility index (Phi) is 3.52. The highest BCUT2D eigenvalue weighted by Crippen LogP contribution is 2.29. The van der Waals surface area contributed by atoms with E-state index in [2.05, 4.69) is 34.1 Å². The van der Waals surface area contributed by atoms with E-state index in [4.69, 9.17) is 5.73 Å². The summed E-state index contributed by atoms with van der Waals surface area (Å²) < 4.78 is 0. The molecule has 1 aromatic carbocycles. The van der Waals surface area contributed by atoms with Crippen molar-refractivity contribution >= 4 is 5.69 Å². The highest BCUT2D eigenvalue weighted by atomic mass is 15.3. The van der Waals surface area contributed by atoms with Gasteiger partial charge in [-0.25, -0.2) is 0 Å². The standard InChI is InChI=1S/C15H23N3/c16-8-7-13-3-1-2-4-15(13)18-11-9-17(10-12-18)14-5-6-14/h1-4,14H,5-12,16H2. The summed E-state index contributed by atoms with van der Waals surface area (Å²) in [6.45, 7) is 5.51. The second-order valence-corrected chi connectivity index (χ2v) is 5.42. The van der Waals surface area contributed by atoms with Crippen molar-refractivity contribution in [3.63, 3.8) is 0 Å². The van der Waals surface area contributed by atoms with Crippen LogP contribution in [-0.2, 0) is 6.42 Å². The monoisotopic (exact) mass is 245 g/mol. The van der Waals surface area contributed by atoms with E-state index >= 15 is 0 Å². The lowest BCUT2D eigenvalue weighted by Gasteiger charge is -2.37. The molecule has 0 atom stereocenters. The van der Waals surface area contributed by atoms with Crippen LogP contribution in [0.25, 0.3) is 0 Å². The van der Waals surface area contributed by atoms with Gasteiger partial charge in [0.15, 0.2) is 0 Å². The summed E-state index contributed by atoms with van der Waals surface area (Å²) in [6.07, 6.45) is 3.83. The number of anilines is 1. The predicted octanol–water partition coefficient (Wildman–Crippen LogP) is 1.47. The summed E-state index contributed by atoms with van der Waals surface area (Å²) >= 11 is 0. The van der Waals surface area contributed by atoms with Gasteiger partial charge in [0.25, 0.3) is 0 Å². The topological polar surface area (TPSA) is 32.5 Å². The average molecular weight is 245 g/mol. The Morgan fingerprint density at radius 3 is 2.44 bits per heavy atom. The molecule has 1 saturated heterocycles. The maximum atomic E-state index is 5.70. The van der Waals surface area contributed by atoms with Crippen molar-refractivity contribution in [3.8, 4) is 0 Å². The third-order valence-corrected chi connectivity index (χ3v) is 4.12. The van der Waals surface area contributed by atoms with Crippen molar-refractivity contribution in [1.29, 1.82) is 0 Å². The Morgan fingerprint density at radius 1 is 1.06 bits per heavy atom. The fraction of sp³-hybridized carbons (Fsp3) is 0.600. The van der Waals surface area contributed by atoms with Crippen LogP contribution in [0.5, 0.6) is 0 Å². The van der Waals surface area contributed by atoms with E-state index in [1.165, 1.54) is 37.2 Å². The molecular weight excluding hydrogens is 222 g/mol. The lowest BCUT2D eigenvalue weighted by molar-refractivity contribution is 0.248. The maximum absolute atomic E-state index is 5.70. The molecule has 2 fully saturated rings. The van der Waals surface area contributed by atoms with Gasteiger partial charge in [0.1, 0.15) is 0 Å². The molecule has 3 rings (SSSR count). The third kappa shape index (κ3) is 2.52. The van der Waals surface area contributed by atoms with Crippen LogP contribution in [0.2, 0.25) is 0 Å². The molecular formula is C15H23N3. The van der Waals surface area contributed by atoms with E-state index in [1.54, 1.807) is 0 Å². The van der Waals surface area contributed by atoms with Gasteiger partial charge in [-0.2, -0.15) is 0 Å². The van der Waals surface area contributed by atoms with Gasteiger partial charge in [0, 0.05) is 37.9 Å². The van der Waals surface area contributed by atoms with E-state index in [-0.39, 0.29) is 0 Å². The van der Waals surface area contributed by atoms with Gasteiger partial charge in [0.05, 0.1) is 0 Å². The van der Waals surface area contributed by atoms with E-state index < -0.39 is 0 Å². The van der Waals surface area contributed by atoms with Crippen molar-refractivity contribution in [3.05, 3.63) is 29.8 Å². The molecule has 98 valence electrons. The van der Waals surface area contributed by atoms with E-state index in [0.29, 0.717) is 0 Å².